The van der Waals surface area contributed by atoms with Crippen molar-refractivity contribution < 1.29 is 9.90 Å². The zero-order chi connectivity index (χ0) is 17.2. The summed E-state index contributed by atoms with van der Waals surface area (Å²) in [6, 6.07) is 3.50. The highest BCUT2D eigenvalue weighted by Gasteiger charge is 2.38. The van der Waals surface area contributed by atoms with Gasteiger partial charge in [0.1, 0.15) is 17.7 Å². The average molecular weight is 328 g/mol. The summed E-state index contributed by atoms with van der Waals surface area (Å²) >= 11 is 0. The summed E-state index contributed by atoms with van der Waals surface area (Å²) in [6.07, 6.45) is 4.99. The van der Waals surface area contributed by atoms with Crippen molar-refractivity contribution in [1.82, 2.24) is 25.1 Å². The Labute approximate surface area is 140 Å². The number of likely N-dealkylation sites (N-methyl/N-ethyl adjacent to an activating group) is 1. The molecule has 1 atom stereocenters. The maximum absolute atomic E-state index is 12.4. The topological polar surface area (TPSA) is 95.3 Å². The van der Waals surface area contributed by atoms with Gasteiger partial charge in [0.15, 0.2) is 0 Å². The molecule has 8 nitrogen and oxygen atoms in total. The third kappa shape index (κ3) is 3.48. The van der Waals surface area contributed by atoms with Crippen LogP contribution in [0.4, 0.5) is 5.82 Å². The number of anilines is 1. The number of aromatic nitrogens is 4. The van der Waals surface area contributed by atoms with E-state index < -0.39 is 5.60 Å². The van der Waals surface area contributed by atoms with Crippen LogP contribution in [0.1, 0.15) is 22.5 Å². The van der Waals surface area contributed by atoms with E-state index in [1.165, 1.54) is 23.6 Å². The van der Waals surface area contributed by atoms with Gasteiger partial charge in [-0.3, -0.25) is 4.79 Å². The lowest BCUT2D eigenvalue weighted by molar-refractivity contribution is 0.0264. The van der Waals surface area contributed by atoms with E-state index in [2.05, 4.69) is 20.2 Å². The minimum Gasteiger partial charge on any atom is -0.386 e. The third-order valence-corrected chi connectivity index (χ3v) is 4.15. The molecule has 0 saturated carbocycles. The van der Waals surface area contributed by atoms with Crippen molar-refractivity contribution in [3.05, 3.63) is 42.1 Å². The van der Waals surface area contributed by atoms with Gasteiger partial charge in [-0.1, -0.05) is 0 Å². The second-order valence-corrected chi connectivity index (χ2v) is 6.21. The van der Waals surface area contributed by atoms with Gasteiger partial charge in [-0.15, -0.1) is 0 Å². The number of nitrogens with zero attached hydrogens (tertiary/aromatic N) is 6. The summed E-state index contributed by atoms with van der Waals surface area (Å²) in [5.74, 6) is 0.611. The Bertz CT molecular complexity index is 726. The fraction of sp³-hybridized carbons (Fsp3) is 0.438. The van der Waals surface area contributed by atoms with E-state index in [9.17, 15) is 9.90 Å². The Hall–Kier alpha value is -2.61. The summed E-state index contributed by atoms with van der Waals surface area (Å²) in [5.41, 5.74) is 0.370. The molecule has 24 heavy (non-hydrogen) atoms. The highest BCUT2D eigenvalue weighted by Crippen LogP contribution is 2.26. The molecule has 1 N–H and O–H groups in total. The minimum atomic E-state index is -0.969. The molecule has 3 heterocycles. The van der Waals surface area contributed by atoms with Gasteiger partial charge in [-0.25, -0.2) is 9.97 Å². The molecule has 0 aromatic carbocycles. The monoisotopic (exact) mass is 328 g/mol. The van der Waals surface area contributed by atoms with Gasteiger partial charge in [-0.05, 0) is 19.4 Å². The van der Waals surface area contributed by atoms with E-state index in [1.54, 1.807) is 13.1 Å². The maximum atomic E-state index is 12.4. The maximum Gasteiger partial charge on any atom is 0.255 e. The van der Waals surface area contributed by atoms with Crippen molar-refractivity contribution in [2.75, 3.05) is 31.6 Å². The largest absolute Gasteiger partial charge is 0.386 e. The van der Waals surface area contributed by atoms with Gasteiger partial charge >= 0.3 is 0 Å². The number of aryl methyl sites for hydroxylation is 1. The molecule has 1 aliphatic heterocycles. The van der Waals surface area contributed by atoms with E-state index in [1.807, 2.05) is 17.9 Å². The normalized spacial score (nSPS) is 20.2. The van der Waals surface area contributed by atoms with Crippen LogP contribution in [0.5, 0.6) is 0 Å². The van der Waals surface area contributed by atoms with E-state index in [0.717, 1.165) is 11.5 Å². The number of hydrogen-bond donors (Lipinski definition) is 1. The first-order valence-electron chi connectivity index (χ1n) is 7.75. The molecule has 0 unspecified atom stereocenters. The Morgan fingerprint density at radius 2 is 2.25 bits per heavy atom. The molecule has 2 aromatic heterocycles. The summed E-state index contributed by atoms with van der Waals surface area (Å²) < 4.78 is 0. The molecule has 3 rings (SSSR count). The molecule has 126 valence electrons. The molecule has 1 aliphatic rings. The standard InChI is InChI=1S/C16H20N6O2/c1-12-7-14(18-11-17-12)22-6-4-16(24,10-22)9-21(2)15(23)13-3-5-19-20-8-13/h3,5,7-8,11,24H,4,6,9-10H2,1-2H3/t16-/m0/s1. The van der Waals surface area contributed by atoms with Crippen LogP contribution in [-0.2, 0) is 0 Å². The van der Waals surface area contributed by atoms with Gasteiger partial charge in [0.25, 0.3) is 5.91 Å². The summed E-state index contributed by atoms with van der Waals surface area (Å²) in [4.78, 5) is 24.3. The molecular weight excluding hydrogens is 308 g/mol. The minimum absolute atomic E-state index is 0.186. The van der Waals surface area contributed by atoms with E-state index in [-0.39, 0.29) is 12.5 Å². The lowest BCUT2D eigenvalue weighted by Gasteiger charge is -2.29. The molecule has 0 radical (unpaired) electrons. The molecule has 1 fully saturated rings. The Balaban J connectivity index is 1.66. The predicted octanol–water partition coefficient (Wildman–Crippen LogP) is 0.288. The van der Waals surface area contributed by atoms with Crippen LogP contribution >= 0.6 is 0 Å². The summed E-state index contributed by atoms with van der Waals surface area (Å²) in [5, 5.41) is 18.2. The highest BCUT2D eigenvalue weighted by molar-refractivity contribution is 5.93. The number of amides is 1. The highest BCUT2D eigenvalue weighted by atomic mass is 16.3. The first kappa shape index (κ1) is 16.3. The lowest BCUT2D eigenvalue weighted by Crippen LogP contribution is -2.46. The first-order chi connectivity index (χ1) is 11.5. The Morgan fingerprint density at radius 3 is 2.96 bits per heavy atom. The van der Waals surface area contributed by atoms with Crippen molar-refractivity contribution in [2.45, 2.75) is 18.9 Å². The van der Waals surface area contributed by atoms with Crippen molar-refractivity contribution in [3.63, 3.8) is 0 Å². The average Bonchev–Trinajstić information content (AvgIpc) is 2.97. The van der Waals surface area contributed by atoms with Crippen LogP contribution in [0.25, 0.3) is 0 Å². The molecule has 2 aromatic rings. The molecule has 8 heteroatoms. The van der Waals surface area contributed by atoms with Crippen molar-refractivity contribution in [2.24, 2.45) is 0 Å². The first-order valence-corrected chi connectivity index (χ1v) is 7.75. The van der Waals surface area contributed by atoms with Crippen molar-refractivity contribution in [1.29, 1.82) is 0 Å². The quantitative estimate of drug-likeness (QED) is 0.861. The fourth-order valence-electron chi connectivity index (χ4n) is 2.95. The SMILES string of the molecule is Cc1cc(N2CC[C@](O)(CN(C)C(=O)c3ccnnc3)C2)ncn1. The molecule has 0 aliphatic carbocycles. The Morgan fingerprint density at radius 1 is 1.42 bits per heavy atom. The van der Waals surface area contributed by atoms with Crippen LogP contribution in [0.15, 0.2) is 30.9 Å². The zero-order valence-electron chi connectivity index (χ0n) is 13.8. The Kier molecular flexibility index (Phi) is 4.39. The number of hydrogen-bond acceptors (Lipinski definition) is 7. The fourth-order valence-corrected chi connectivity index (χ4v) is 2.95. The van der Waals surface area contributed by atoms with E-state index in [0.29, 0.717) is 25.1 Å². The van der Waals surface area contributed by atoms with Crippen LogP contribution in [0.3, 0.4) is 0 Å². The van der Waals surface area contributed by atoms with Gasteiger partial charge in [0.05, 0.1) is 24.5 Å². The van der Waals surface area contributed by atoms with Gasteiger partial charge in [0, 0.05) is 31.9 Å². The van der Waals surface area contributed by atoms with Crippen LogP contribution in [-0.4, -0.2) is 68.4 Å². The van der Waals surface area contributed by atoms with Crippen LogP contribution in [0.2, 0.25) is 0 Å². The van der Waals surface area contributed by atoms with E-state index in [4.69, 9.17) is 0 Å². The summed E-state index contributed by atoms with van der Waals surface area (Å²) in [7, 11) is 1.68. The summed E-state index contributed by atoms with van der Waals surface area (Å²) in [6.45, 7) is 3.26. The van der Waals surface area contributed by atoms with E-state index >= 15 is 0 Å². The molecule has 0 bridgehead atoms. The van der Waals surface area contributed by atoms with Crippen LogP contribution < -0.4 is 4.90 Å². The van der Waals surface area contributed by atoms with Crippen molar-refractivity contribution in [3.8, 4) is 0 Å². The second kappa shape index (κ2) is 6.48. The molecule has 0 spiro atoms. The van der Waals surface area contributed by atoms with Crippen LogP contribution in [0, 0.1) is 6.92 Å². The molecular formula is C16H20N6O2. The number of β-amino-alcohol motifs (C(OH)–C–C–N with tert-alkyl or cyclic N) is 1. The molecule has 1 amide bonds. The van der Waals surface area contributed by atoms with Gasteiger partial charge in [0.2, 0.25) is 0 Å². The zero-order valence-corrected chi connectivity index (χ0v) is 13.8. The second-order valence-electron chi connectivity index (χ2n) is 6.21. The number of rotatable bonds is 4. The smallest absolute Gasteiger partial charge is 0.255 e. The number of carbonyl (C=O) groups excluding carboxylic acids is 1. The van der Waals surface area contributed by atoms with Crippen molar-refractivity contribution >= 4 is 11.7 Å². The van der Waals surface area contributed by atoms with Gasteiger partial charge < -0.3 is 14.9 Å². The number of aliphatic hydroxyl groups is 1. The predicted molar refractivity (Wildman–Crippen MR) is 87.5 cm³/mol. The lowest BCUT2D eigenvalue weighted by atomic mass is 10.0. The third-order valence-electron chi connectivity index (χ3n) is 4.15. The molecule has 1 saturated heterocycles. The number of carbonyl (C=O) groups is 1. The van der Waals surface area contributed by atoms with Gasteiger partial charge in [-0.2, -0.15) is 10.2 Å².